The lowest BCUT2D eigenvalue weighted by molar-refractivity contribution is 0.141. The second-order valence-corrected chi connectivity index (χ2v) is 4.58. The van der Waals surface area contributed by atoms with E-state index in [1.165, 1.54) is 0 Å². The summed E-state index contributed by atoms with van der Waals surface area (Å²) >= 11 is 0. The summed E-state index contributed by atoms with van der Waals surface area (Å²) in [5, 5.41) is 0. The molecule has 21 heavy (non-hydrogen) atoms. The summed E-state index contributed by atoms with van der Waals surface area (Å²) in [6.07, 6.45) is -0.722. The number of aromatic amines is 1. The maximum atomic E-state index is 12.1. The van der Waals surface area contributed by atoms with Crippen molar-refractivity contribution < 1.29 is 9.53 Å². The number of ether oxygens (including phenoxy) is 1. The summed E-state index contributed by atoms with van der Waals surface area (Å²) < 4.78 is 6.12. The van der Waals surface area contributed by atoms with Gasteiger partial charge in [0.25, 0.3) is 0 Å². The zero-order valence-electron chi connectivity index (χ0n) is 11.1. The Kier molecular flexibility index (Phi) is 3.19. The molecule has 6 nitrogen and oxygen atoms in total. The summed E-state index contributed by atoms with van der Waals surface area (Å²) in [5.41, 5.74) is 7.39. The predicted molar refractivity (Wildman–Crippen MR) is 79.0 cm³/mol. The standard InChI is InChI=1S/C15H13N3O3/c16-11-6-7-13-12(8-11)17-14(19)18(13)15(20)21-9-10-4-2-1-3-5-10/h1-8H,9,16H2,(H,17,19). The van der Waals surface area contributed by atoms with Crippen LogP contribution in [0.25, 0.3) is 11.0 Å². The van der Waals surface area contributed by atoms with Crippen LogP contribution < -0.4 is 11.4 Å². The van der Waals surface area contributed by atoms with Crippen molar-refractivity contribution in [1.29, 1.82) is 0 Å². The van der Waals surface area contributed by atoms with Crippen LogP contribution in [0.3, 0.4) is 0 Å². The third-order valence-corrected chi connectivity index (χ3v) is 3.09. The molecule has 0 aliphatic heterocycles. The lowest BCUT2D eigenvalue weighted by atomic mass is 10.2. The van der Waals surface area contributed by atoms with E-state index in [1.54, 1.807) is 18.2 Å². The molecule has 0 aliphatic carbocycles. The molecular weight excluding hydrogens is 270 g/mol. The minimum absolute atomic E-state index is 0.105. The number of carbonyl (C=O) groups excluding carboxylic acids is 1. The van der Waals surface area contributed by atoms with Crippen LogP contribution in [0.5, 0.6) is 0 Å². The number of anilines is 1. The Labute approximate surface area is 119 Å². The summed E-state index contributed by atoms with van der Waals surface area (Å²) in [6.45, 7) is 0.105. The fourth-order valence-corrected chi connectivity index (χ4v) is 2.09. The summed E-state index contributed by atoms with van der Waals surface area (Å²) in [5.74, 6) is 0. The number of nitrogens with one attached hydrogen (secondary N) is 1. The number of carbonyl (C=O) groups is 1. The number of imidazole rings is 1. The number of benzene rings is 2. The average molecular weight is 283 g/mol. The van der Waals surface area contributed by atoms with Crippen LogP contribution >= 0.6 is 0 Å². The molecule has 6 heteroatoms. The highest BCUT2D eigenvalue weighted by Gasteiger charge is 2.15. The van der Waals surface area contributed by atoms with Crippen molar-refractivity contribution in [3.63, 3.8) is 0 Å². The molecule has 0 bridgehead atoms. The van der Waals surface area contributed by atoms with Crippen LogP contribution in [0.2, 0.25) is 0 Å². The first-order valence-corrected chi connectivity index (χ1v) is 6.36. The number of nitrogens with zero attached hydrogens (tertiary/aromatic N) is 1. The molecule has 0 atom stereocenters. The molecule has 106 valence electrons. The predicted octanol–water partition coefficient (Wildman–Crippen LogP) is 2.10. The van der Waals surface area contributed by atoms with Crippen LogP contribution in [0, 0.1) is 0 Å². The molecule has 0 aliphatic rings. The van der Waals surface area contributed by atoms with Gasteiger partial charge < -0.3 is 15.5 Å². The first kappa shape index (κ1) is 13.0. The third-order valence-electron chi connectivity index (χ3n) is 3.09. The van der Waals surface area contributed by atoms with E-state index in [4.69, 9.17) is 10.5 Å². The summed E-state index contributed by atoms with van der Waals surface area (Å²) in [4.78, 5) is 26.5. The lowest BCUT2D eigenvalue weighted by Crippen LogP contribution is -2.25. The van der Waals surface area contributed by atoms with Crippen LogP contribution in [-0.2, 0) is 11.3 Å². The Morgan fingerprint density at radius 2 is 1.95 bits per heavy atom. The Morgan fingerprint density at radius 1 is 1.19 bits per heavy atom. The Hall–Kier alpha value is -3.02. The molecule has 0 saturated carbocycles. The van der Waals surface area contributed by atoms with E-state index in [1.807, 2.05) is 30.3 Å². The number of nitrogen functional groups attached to an aromatic ring is 1. The molecule has 3 aromatic rings. The van der Waals surface area contributed by atoms with E-state index >= 15 is 0 Å². The van der Waals surface area contributed by atoms with E-state index in [9.17, 15) is 9.59 Å². The molecule has 0 spiro atoms. The summed E-state index contributed by atoms with van der Waals surface area (Å²) in [6, 6.07) is 14.1. The normalized spacial score (nSPS) is 10.7. The van der Waals surface area contributed by atoms with Crippen molar-refractivity contribution >= 4 is 22.8 Å². The van der Waals surface area contributed by atoms with Crippen molar-refractivity contribution in [2.24, 2.45) is 0 Å². The number of nitrogens with two attached hydrogens (primary N) is 1. The second-order valence-electron chi connectivity index (χ2n) is 4.58. The van der Waals surface area contributed by atoms with Crippen molar-refractivity contribution in [3.05, 3.63) is 64.6 Å². The topological polar surface area (TPSA) is 90.1 Å². The first-order valence-electron chi connectivity index (χ1n) is 6.36. The Bertz CT molecular complexity index is 849. The summed E-state index contributed by atoms with van der Waals surface area (Å²) in [7, 11) is 0. The van der Waals surface area contributed by atoms with Crippen molar-refractivity contribution in [2.75, 3.05) is 5.73 Å². The highest BCUT2D eigenvalue weighted by molar-refractivity contribution is 5.87. The zero-order chi connectivity index (χ0) is 14.8. The second kappa shape index (κ2) is 5.16. The van der Waals surface area contributed by atoms with E-state index in [0.29, 0.717) is 16.7 Å². The van der Waals surface area contributed by atoms with Gasteiger partial charge in [-0.15, -0.1) is 0 Å². The average Bonchev–Trinajstić information content (AvgIpc) is 2.81. The van der Waals surface area contributed by atoms with E-state index < -0.39 is 11.8 Å². The number of hydrogen-bond acceptors (Lipinski definition) is 4. The number of H-pyrrole nitrogens is 1. The quantitative estimate of drug-likeness (QED) is 0.705. The number of rotatable bonds is 2. The maximum absolute atomic E-state index is 12.1. The van der Waals surface area contributed by atoms with Gasteiger partial charge in [0.1, 0.15) is 6.61 Å². The molecule has 2 aromatic carbocycles. The first-order chi connectivity index (χ1) is 10.1. The molecule has 1 heterocycles. The van der Waals surface area contributed by atoms with Gasteiger partial charge in [0, 0.05) is 5.69 Å². The van der Waals surface area contributed by atoms with Crippen LogP contribution in [0.15, 0.2) is 53.3 Å². The zero-order valence-corrected chi connectivity index (χ0v) is 11.1. The SMILES string of the molecule is Nc1ccc2c(c1)[nH]c(=O)n2C(=O)OCc1ccccc1. The Balaban J connectivity index is 1.88. The van der Waals surface area contributed by atoms with Gasteiger partial charge in [-0.2, -0.15) is 4.57 Å². The highest BCUT2D eigenvalue weighted by atomic mass is 16.5. The molecule has 3 rings (SSSR count). The molecule has 0 radical (unpaired) electrons. The molecular formula is C15H13N3O3. The third kappa shape index (κ3) is 2.51. The van der Waals surface area contributed by atoms with E-state index in [-0.39, 0.29) is 6.61 Å². The molecule has 0 fully saturated rings. The smallest absolute Gasteiger partial charge is 0.423 e. The van der Waals surface area contributed by atoms with Gasteiger partial charge in [0.15, 0.2) is 0 Å². The van der Waals surface area contributed by atoms with E-state index in [0.717, 1.165) is 10.1 Å². The van der Waals surface area contributed by atoms with Gasteiger partial charge in [-0.05, 0) is 23.8 Å². The minimum atomic E-state index is -0.722. The molecule has 0 unspecified atom stereocenters. The highest BCUT2D eigenvalue weighted by Crippen LogP contribution is 2.14. The van der Waals surface area contributed by atoms with Gasteiger partial charge in [0.2, 0.25) is 0 Å². The number of hydrogen-bond donors (Lipinski definition) is 2. The van der Waals surface area contributed by atoms with Crippen LogP contribution in [0.1, 0.15) is 5.56 Å². The van der Waals surface area contributed by atoms with Crippen molar-refractivity contribution in [2.45, 2.75) is 6.61 Å². The number of aromatic nitrogens is 2. The van der Waals surface area contributed by atoms with Gasteiger partial charge in [-0.3, -0.25) is 0 Å². The van der Waals surface area contributed by atoms with Gasteiger partial charge in [0.05, 0.1) is 11.0 Å². The maximum Gasteiger partial charge on any atom is 0.423 e. The fourth-order valence-electron chi connectivity index (χ4n) is 2.09. The molecule has 1 aromatic heterocycles. The lowest BCUT2D eigenvalue weighted by Gasteiger charge is -2.05. The van der Waals surface area contributed by atoms with Crippen LogP contribution in [0.4, 0.5) is 10.5 Å². The molecule has 3 N–H and O–H groups in total. The van der Waals surface area contributed by atoms with Gasteiger partial charge >= 0.3 is 11.8 Å². The van der Waals surface area contributed by atoms with Crippen LogP contribution in [-0.4, -0.2) is 15.6 Å². The monoisotopic (exact) mass is 283 g/mol. The fraction of sp³-hybridized carbons (Fsp3) is 0.0667. The van der Waals surface area contributed by atoms with Crippen molar-refractivity contribution in [3.8, 4) is 0 Å². The Morgan fingerprint density at radius 3 is 2.71 bits per heavy atom. The van der Waals surface area contributed by atoms with Gasteiger partial charge in [-0.1, -0.05) is 30.3 Å². The number of fused-ring (bicyclic) bond motifs is 1. The van der Waals surface area contributed by atoms with E-state index in [2.05, 4.69) is 4.98 Å². The minimum Gasteiger partial charge on any atom is -0.444 e. The largest absolute Gasteiger partial charge is 0.444 e. The van der Waals surface area contributed by atoms with Gasteiger partial charge in [-0.25, -0.2) is 9.59 Å². The molecule has 0 saturated heterocycles. The molecule has 0 amide bonds. The van der Waals surface area contributed by atoms with Crippen molar-refractivity contribution in [1.82, 2.24) is 9.55 Å².